The highest BCUT2D eigenvalue weighted by molar-refractivity contribution is 7.20. The molecule has 2 aliphatic rings. The summed E-state index contributed by atoms with van der Waals surface area (Å²) in [6.07, 6.45) is 0. The van der Waals surface area contributed by atoms with E-state index in [4.69, 9.17) is 9.47 Å². The summed E-state index contributed by atoms with van der Waals surface area (Å²) in [5.74, 6) is 1.35. The molecule has 34 heavy (non-hydrogen) atoms. The van der Waals surface area contributed by atoms with Gasteiger partial charge < -0.3 is 14.4 Å². The molecule has 0 unspecified atom stereocenters. The summed E-state index contributed by atoms with van der Waals surface area (Å²) in [6.45, 7) is 6.01. The van der Waals surface area contributed by atoms with Crippen molar-refractivity contribution in [3.05, 3.63) is 70.5 Å². The Morgan fingerprint density at radius 1 is 1.03 bits per heavy atom. The molecule has 2 aromatic heterocycles. The Morgan fingerprint density at radius 3 is 2.59 bits per heavy atom. The third kappa shape index (κ3) is 3.80. The van der Waals surface area contributed by atoms with Crippen LogP contribution in [-0.2, 0) is 6.54 Å². The van der Waals surface area contributed by atoms with Crippen LogP contribution in [0.1, 0.15) is 20.9 Å². The van der Waals surface area contributed by atoms with Crippen molar-refractivity contribution in [3.63, 3.8) is 0 Å². The summed E-state index contributed by atoms with van der Waals surface area (Å²) < 4.78 is 26.0. The molecule has 0 atom stereocenters. The Balaban J connectivity index is 1.14. The van der Waals surface area contributed by atoms with Crippen molar-refractivity contribution in [2.75, 3.05) is 33.0 Å². The second-order valence-corrected chi connectivity index (χ2v) is 9.59. The van der Waals surface area contributed by atoms with Crippen LogP contribution in [0.5, 0.6) is 11.5 Å². The number of thiophene rings is 1. The quantitative estimate of drug-likeness (QED) is 0.440. The average molecular weight is 479 g/mol. The van der Waals surface area contributed by atoms with Gasteiger partial charge in [0.1, 0.15) is 10.6 Å². The minimum atomic E-state index is -0.288. The number of aryl methyl sites for hydroxylation is 1. The van der Waals surface area contributed by atoms with Gasteiger partial charge in [0.05, 0.1) is 16.3 Å². The molecule has 1 saturated heterocycles. The number of benzene rings is 2. The summed E-state index contributed by atoms with van der Waals surface area (Å²) >= 11 is 1.44. The molecule has 1 fully saturated rings. The molecule has 0 aliphatic carbocycles. The van der Waals surface area contributed by atoms with Crippen molar-refractivity contribution < 1.29 is 18.7 Å². The number of amides is 1. The average Bonchev–Trinajstić information content (AvgIpc) is 3.56. The zero-order valence-electron chi connectivity index (χ0n) is 18.7. The molecule has 6 rings (SSSR count). The molecule has 0 bridgehead atoms. The van der Waals surface area contributed by atoms with Gasteiger partial charge in [-0.05, 0) is 55.0 Å². The highest BCUT2D eigenvalue weighted by Gasteiger charge is 2.25. The molecule has 7 nitrogen and oxygen atoms in total. The van der Waals surface area contributed by atoms with Crippen molar-refractivity contribution in [1.82, 2.24) is 19.6 Å². The van der Waals surface area contributed by atoms with Gasteiger partial charge in [0.25, 0.3) is 5.91 Å². The smallest absolute Gasteiger partial charge is 0.264 e. The van der Waals surface area contributed by atoms with Crippen molar-refractivity contribution in [2.24, 2.45) is 0 Å². The summed E-state index contributed by atoms with van der Waals surface area (Å²) in [4.78, 5) is 19.1. The zero-order valence-corrected chi connectivity index (χ0v) is 19.5. The Bertz CT molecular complexity index is 1370. The molecule has 2 aromatic carbocycles. The number of carbonyl (C=O) groups excluding carboxylic acids is 1. The second-order valence-electron chi connectivity index (χ2n) is 8.56. The lowest BCUT2D eigenvalue weighted by molar-refractivity contribution is 0.0633. The number of hydrogen-bond donors (Lipinski definition) is 0. The Morgan fingerprint density at radius 2 is 1.79 bits per heavy atom. The monoisotopic (exact) mass is 478 g/mol. The maximum Gasteiger partial charge on any atom is 0.264 e. The van der Waals surface area contributed by atoms with Crippen LogP contribution in [0.4, 0.5) is 4.39 Å². The van der Waals surface area contributed by atoms with Gasteiger partial charge in [0, 0.05) is 38.1 Å². The first-order valence-electron chi connectivity index (χ1n) is 11.2. The molecular formula is C25H23FN4O3S. The first-order valence-corrected chi connectivity index (χ1v) is 12.0. The maximum absolute atomic E-state index is 13.3. The lowest BCUT2D eigenvalue weighted by Gasteiger charge is -2.34. The standard InChI is InChI=1S/C25H23FN4O3S/c1-16-20-13-23(34-25(20)30(27-16)19-5-3-18(26)4-6-19)24(31)29-10-8-28(9-11-29)14-17-2-7-21-22(12-17)33-15-32-21/h2-7,12-13H,8-11,14-15H2,1H3. The van der Waals surface area contributed by atoms with Crippen LogP contribution < -0.4 is 9.47 Å². The Kier molecular flexibility index (Phi) is 5.23. The number of halogens is 1. The van der Waals surface area contributed by atoms with E-state index in [0.29, 0.717) is 18.0 Å². The van der Waals surface area contributed by atoms with Crippen molar-refractivity contribution in [3.8, 4) is 17.2 Å². The highest BCUT2D eigenvalue weighted by Crippen LogP contribution is 2.33. The van der Waals surface area contributed by atoms with Gasteiger partial charge in [-0.3, -0.25) is 9.69 Å². The minimum Gasteiger partial charge on any atom is -0.454 e. The van der Waals surface area contributed by atoms with E-state index in [1.165, 1.54) is 29.0 Å². The SMILES string of the molecule is Cc1nn(-c2ccc(F)cc2)c2sc(C(=O)N3CCN(Cc4ccc5c(c4)OCO5)CC3)cc12. The van der Waals surface area contributed by atoms with Gasteiger partial charge in [0.15, 0.2) is 11.5 Å². The highest BCUT2D eigenvalue weighted by atomic mass is 32.1. The fourth-order valence-electron chi connectivity index (χ4n) is 4.47. The molecule has 4 heterocycles. The third-order valence-electron chi connectivity index (χ3n) is 6.33. The normalized spacial score (nSPS) is 15.9. The Hall–Kier alpha value is -3.43. The van der Waals surface area contributed by atoms with E-state index in [1.807, 2.05) is 30.0 Å². The van der Waals surface area contributed by atoms with Crippen LogP contribution in [0.25, 0.3) is 15.9 Å². The number of hydrogen-bond acceptors (Lipinski definition) is 6. The number of nitrogens with zero attached hydrogens (tertiary/aromatic N) is 4. The van der Waals surface area contributed by atoms with Crippen molar-refractivity contribution in [1.29, 1.82) is 0 Å². The molecule has 174 valence electrons. The molecular weight excluding hydrogens is 455 g/mol. The van der Waals surface area contributed by atoms with Crippen LogP contribution >= 0.6 is 11.3 Å². The largest absolute Gasteiger partial charge is 0.454 e. The van der Waals surface area contributed by atoms with Gasteiger partial charge in [-0.15, -0.1) is 11.3 Å². The van der Waals surface area contributed by atoms with Crippen molar-refractivity contribution in [2.45, 2.75) is 13.5 Å². The van der Waals surface area contributed by atoms with E-state index in [-0.39, 0.29) is 18.5 Å². The molecule has 0 radical (unpaired) electrons. The predicted molar refractivity (Wildman–Crippen MR) is 127 cm³/mol. The molecule has 1 amide bonds. The van der Waals surface area contributed by atoms with Crippen LogP contribution in [0.3, 0.4) is 0 Å². The van der Waals surface area contributed by atoms with Crippen molar-refractivity contribution >= 4 is 27.5 Å². The number of rotatable bonds is 4. The van der Waals surface area contributed by atoms with Gasteiger partial charge in [-0.2, -0.15) is 5.10 Å². The second kappa shape index (κ2) is 8.41. The molecule has 4 aromatic rings. The number of piperazine rings is 1. The zero-order chi connectivity index (χ0) is 23.2. The maximum atomic E-state index is 13.3. The van der Waals surface area contributed by atoms with Gasteiger partial charge in [-0.25, -0.2) is 9.07 Å². The molecule has 0 N–H and O–H groups in total. The Labute approximate surface area is 199 Å². The van der Waals surface area contributed by atoms with E-state index < -0.39 is 0 Å². The molecule has 9 heteroatoms. The third-order valence-corrected chi connectivity index (χ3v) is 7.43. The summed E-state index contributed by atoms with van der Waals surface area (Å²) in [6, 6.07) is 14.2. The lowest BCUT2D eigenvalue weighted by Crippen LogP contribution is -2.48. The van der Waals surface area contributed by atoms with Crippen LogP contribution in [0.2, 0.25) is 0 Å². The van der Waals surface area contributed by atoms with Crippen LogP contribution in [0.15, 0.2) is 48.5 Å². The first kappa shape index (κ1) is 21.1. The summed E-state index contributed by atoms with van der Waals surface area (Å²) in [7, 11) is 0. The van der Waals surface area contributed by atoms with Gasteiger partial charge >= 0.3 is 0 Å². The van der Waals surface area contributed by atoms with E-state index in [0.717, 1.165) is 52.7 Å². The van der Waals surface area contributed by atoms with E-state index in [2.05, 4.69) is 16.1 Å². The lowest BCUT2D eigenvalue weighted by atomic mass is 10.1. The first-order chi connectivity index (χ1) is 16.5. The molecule has 0 saturated carbocycles. The summed E-state index contributed by atoms with van der Waals surface area (Å²) in [5.41, 5.74) is 2.80. The minimum absolute atomic E-state index is 0.0500. The fourth-order valence-corrected chi connectivity index (χ4v) is 5.62. The van der Waals surface area contributed by atoms with E-state index >= 15 is 0 Å². The molecule has 2 aliphatic heterocycles. The van der Waals surface area contributed by atoms with Gasteiger partial charge in [-0.1, -0.05) is 6.07 Å². The predicted octanol–water partition coefficient (Wildman–Crippen LogP) is 4.22. The fraction of sp³-hybridized carbons (Fsp3) is 0.280. The number of aromatic nitrogens is 2. The molecule has 0 spiro atoms. The topological polar surface area (TPSA) is 59.8 Å². The van der Waals surface area contributed by atoms with Gasteiger partial charge in [0.2, 0.25) is 6.79 Å². The van der Waals surface area contributed by atoms with Crippen LogP contribution in [-0.4, -0.2) is 58.5 Å². The number of fused-ring (bicyclic) bond motifs is 2. The van der Waals surface area contributed by atoms with E-state index in [9.17, 15) is 9.18 Å². The van der Waals surface area contributed by atoms with Crippen LogP contribution in [0, 0.1) is 12.7 Å². The van der Waals surface area contributed by atoms with E-state index in [1.54, 1.807) is 16.8 Å². The number of ether oxygens (including phenoxy) is 2. The summed E-state index contributed by atoms with van der Waals surface area (Å²) in [5, 5.41) is 5.55. The number of carbonyl (C=O) groups is 1.